The minimum absolute atomic E-state index is 0.174. The molecule has 0 bridgehead atoms. The van der Waals surface area contributed by atoms with E-state index in [0.717, 1.165) is 12.8 Å². The van der Waals surface area contributed by atoms with E-state index in [4.69, 9.17) is 10.6 Å². The van der Waals surface area contributed by atoms with Crippen molar-refractivity contribution in [2.24, 2.45) is 10.7 Å². The van der Waals surface area contributed by atoms with Crippen LogP contribution in [0, 0.1) is 0 Å². The summed E-state index contributed by atoms with van der Waals surface area (Å²) in [5, 5.41) is 0. The summed E-state index contributed by atoms with van der Waals surface area (Å²) in [7, 11) is 0. The standard InChI is InChI=1S/C16H25N3O2/c1-16(2,3)21-19-15(18-12-8-7-11-17)14(20)13-9-5-4-6-10-13/h4-6,9-10H,7-8,11-12,17H2,1-3H3,(H,18,19). The van der Waals surface area contributed by atoms with Crippen LogP contribution in [0.5, 0.6) is 0 Å². The number of ketones is 1. The van der Waals surface area contributed by atoms with Crippen molar-refractivity contribution in [3.05, 3.63) is 35.9 Å². The van der Waals surface area contributed by atoms with Crippen LogP contribution in [0.15, 0.2) is 35.3 Å². The van der Waals surface area contributed by atoms with E-state index in [-0.39, 0.29) is 11.6 Å². The number of nitrogens with two attached hydrogens (primary N) is 1. The molecule has 0 unspecified atom stereocenters. The number of unbranched alkanes of at least 4 members (excludes halogenated alkanes) is 1. The van der Waals surface area contributed by atoms with Gasteiger partial charge in [-0.2, -0.15) is 0 Å². The maximum Gasteiger partial charge on any atom is 0.229 e. The monoisotopic (exact) mass is 291 g/mol. The third-order valence-corrected chi connectivity index (χ3v) is 2.59. The van der Waals surface area contributed by atoms with E-state index in [1.807, 2.05) is 39.0 Å². The number of hydroxylamine groups is 1. The summed E-state index contributed by atoms with van der Waals surface area (Å²) >= 11 is 0. The Hall–Kier alpha value is -1.72. The number of hydrogen-bond donors (Lipinski definition) is 2. The summed E-state index contributed by atoms with van der Waals surface area (Å²) < 4.78 is 0. The van der Waals surface area contributed by atoms with Gasteiger partial charge in [-0.1, -0.05) is 30.3 Å². The quantitative estimate of drug-likeness (QED) is 0.266. The molecule has 1 rings (SSSR count). The molecular formula is C16H25N3O2. The molecule has 116 valence electrons. The molecule has 3 N–H and O–H groups in total. The molecular weight excluding hydrogens is 266 g/mol. The lowest BCUT2D eigenvalue weighted by Gasteiger charge is -2.20. The fourth-order valence-corrected chi connectivity index (χ4v) is 1.53. The lowest BCUT2D eigenvalue weighted by Crippen LogP contribution is -2.38. The summed E-state index contributed by atoms with van der Waals surface area (Å²) in [5.41, 5.74) is 8.34. The average Bonchev–Trinajstić information content (AvgIpc) is 2.46. The number of rotatable bonds is 7. The van der Waals surface area contributed by atoms with Crippen LogP contribution in [0.25, 0.3) is 0 Å². The fourth-order valence-electron chi connectivity index (χ4n) is 1.53. The Labute approximate surface area is 126 Å². The maximum absolute atomic E-state index is 12.4. The van der Waals surface area contributed by atoms with E-state index in [2.05, 4.69) is 10.5 Å². The highest BCUT2D eigenvalue weighted by molar-refractivity contribution is 6.44. The van der Waals surface area contributed by atoms with Crippen molar-refractivity contribution in [2.75, 3.05) is 13.1 Å². The van der Waals surface area contributed by atoms with Gasteiger partial charge in [0.05, 0.1) is 5.60 Å². The Bertz CT molecular complexity index is 464. The molecule has 0 saturated carbocycles. The minimum Gasteiger partial charge on any atom is -0.330 e. The first kappa shape index (κ1) is 17.3. The number of carbonyl (C=O) groups is 1. The highest BCUT2D eigenvalue weighted by atomic mass is 16.7. The predicted molar refractivity (Wildman–Crippen MR) is 85.3 cm³/mol. The molecule has 1 aromatic carbocycles. The summed E-state index contributed by atoms with van der Waals surface area (Å²) in [4.78, 5) is 22.2. The largest absolute Gasteiger partial charge is 0.330 e. The number of carbonyl (C=O) groups excluding carboxylic acids is 1. The van der Waals surface area contributed by atoms with Crippen LogP contribution in [-0.4, -0.2) is 30.3 Å². The molecule has 1 aromatic rings. The molecule has 0 amide bonds. The minimum atomic E-state index is -0.408. The Morgan fingerprint density at radius 1 is 1.24 bits per heavy atom. The van der Waals surface area contributed by atoms with Crippen molar-refractivity contribution in [1.29, 1.82) is 0 Å². The van der Waals surface area contributed by atoms with E-state index in [0.29, 0.717) is 18.7 Å². The van der Waals surface area contributed by atoms with Gasteiger partial charge in [-0.15, -0.1) is 0 Å². The molecule has 0 aliphatic heterocycles. The second kappa shape index (κ2) is 8.54. The molecule has 0 heterocycles. The van der Waals surface area contributed by atoms with Crippen LogP contribution in [0.2, 0.25) is 0 Å². The van der Waals surface area contributed by atoms with E-state index in [1.54, 1.807) is 12.1 Å². The normalized spacial score (nSPS) is 12.3. The van der Waals surface area contributed by atoms with E-state index < -0.39 is 5.60 Å². The van der Waals surface area contributed by atoms with Crippen molar-refractivity contribution in [3.63, 3.8) is 0 Å². The van der Waals surface area contributed by atoms with Crippen molar-refractivity contribution in [1.82, 2.24) is 5.48 Å². The Morgan fingerprint density at radius 2 is 1.90 bits per heavy atom. The zero-order valence-electron chi connectivity index (χ0n) is 13.1. The molecule has 0 atom stereocenters. The van der Waals surface area contributed by atoms with Crippen molar-refractivity contribution < 1.29 is 9.63 Å². The van der Waals surface area contributed by atoms with Crippen molar-refractivity contribution in [2.45, 2.75) is 39.2 Å². The molecule has 0 saturated heterocycles. The molecule has 5 heteroatoms. The molecule has 0 radical (unpaired) electrons. The van der Waals surface area contributed by atoms with Gasteiger partial charge in [-0.25, -0.2) is 5.48 Å². The van der Waals surface area contributed by atoms with Crippen LogP contribution in [0.1, 0.15) is 44.0 Å². The van der Waals surface area contributed by atoms with Crippen LogP contribution >= 0.6 is 0 Å². The summed E-state index contributed by atoms with van der Waals surface area (Å²) in [6, 6.07) is 9.04. The van der Waals surface area contributed by atoms with E-state index in [1.165, 1.54) is 0 Å². The van der Waals surface area contributed by atoms with Gasteiger partial charge in [-0.3, -0.25) is 14.6 Å². The third-order valence-electron chi connectivity index (χ3n) is 2.59. The van der Waals surface area contributed by atoms with Gasteiger partial charge in [0.25, 0.3) is 0 Å². The molecule has 0 spiro atoms. The van der Waals surface area contributed by atoms with Gasteiger partial charge >= 0.3 is 0 Å². The molecule has 0 fully saturated rings. The summed E-state index contributed by atoms with van der Waals surface area (Å²) in [5.74, 6) is 0.0562. The van der Waals surface area contributed by atoms with Gasteiger partial charge in [0, 0.05) is 12.1 Å². The Balaban J connectivity index is 2.77. The number of aliphatic imine (C=N–C) groups is 1. The number of nitrogens with zero attached hydrogens (tertiary/aromatic N) is 1. The fraction of sp³-hybridized carbons (Fsp3) is 0.500. The molecule has 21 heavy (non-hydrogen) atoms. The Morgan fingerprint density at radius 3 is 2.48 bits per heavy atom. The van der Waals surface area contributed by atoms with Crippen LogP contribution in [0.3, 0.4) is 0 Å². The first-order chi connectivity index (χ1) is 9.94. The number of nitrogens with one attached hydrogen (secondary N) is 1. The second-order valence-corrected chi connectivity index (χ2v) is 5.74. The highest BCUT2D eigenvalue weighted by Crippen LogP contribution is 2.06. The first-order valence-corrected chi connectivity index (χ1v) is 7.22. The second-order valence-electron chi connectivity index (χ2n) is 5.74. The van der Waals surface area contributed by atoms with Gasteiger partial charge in [0.15, 0.2) is 5.84 Å². The van der Waals surface area contributed by atoms with Crippen molar-refractivity contribution in [3.8, 4) is 0 Å². The first-order valence-electron chi connectivity index (χ1n) is 7.22. The lowest BCUT2D eigenvalue weighted by molar-refractivity contribution is -0.0423. The van der Waals surface area contributed by atoms with Crippen LogP contribution < -0.4 is 11.2 Å². The smallest absolute Gasteiger partial charge is 0.229 e. The number of benzene rings is 1. The van der Waals surface area contributed by atoms with Gasteiger partial charge in [0.2, 0.25) is 5.78 Å². The zero-order valence-corrected chi connectivity index (χ0v) is 13.1. The lowest BCUT2D eigenvalue weighted by atomic mass is 10.1. The number of hydrogen-bond acceptors (Lipinski definition) is 4. The Kier molecular flexibility index (Phi) is 7.05. The predicted octanol–water partition coefficient (Wildman–Crippen LogP) is 2.33. The average molecular weight is 291 g/mol. The SMILES string of the molecule is CC(C)(C)ONC(=NCCCCN)C(=O)c1ccccc1. The molecule has 0 aromatic heterocycles. The molecule has 0 aliphatic carbocycles. The van der Waals surface area contributed by atoms with Gasteiger partial charge in [0.1, 0.15) is 0 Å². The van der Waals surface area contributed by atoms with E-state index in [9.17, 15) is 4.79 Å². The highest BCUT2D eigenvalue weighted by Gasteiger charge is 2.17. The zero-order chi connectivity index (χ0) is 15.7. The molecule has 5 nitrogen and oxygen atoms in total. The number of Topliss-reactive ketones (excluding diaryl/α,β-unsaturated/α-hetero) is 1. The van der Waals surface area contributed by atoms with Gasteiger partial charge < -0.3 is 5.73 Å². The third kappa shape index (κ3) is 7.02. The van der Waals surface area contributed by atoms with Crippen LogP contribution in [0.4, 0.5) is 0 Å². The number of amidine groups is 1. The molecule has 0 aliphatic rings. The summed E-state index contributed by atoms with van der Waals surface area (Å²) in [6.07, 6.45) is 1.73. The van der Waals surface area contributed by atoms with Gasteiger partial charge in [-0.05, 0) is 40.2 Å². The van der Waals surface area contributed by atoms with Crippen molar-refractivity contribution >= 4 is 11.6 Å². The summed E-state index contributed by atoms with van der Waals surface area (Å²) in [6.45, 7) is 6.88. The topological polar surface area (TPSA) is 76.7 Å². The maximum atomic E-state index is 12.4. The van der Waals surface area contributed by atoms with Crippen LogP contribution in [-0.2, 0) is 4.84 Å². The van der Waals surface area contributed by atoms with E-state index >= 15 is 0 Å².